The largest absolute Gasteiger partial charge is 0.483 e. The van der Waals surface area contributed by atoms with E-state index >= 15 is 0 Å². The number of nitrogens with one attached hydrogen (secondary N) is 1. The number of aromatic nitrogens is 2. The summed E-state index contributed by atoms with van der Waals surface area (Å²) in [6, 6.07) is 16.5. The van der Waals surface area contributed by atoms with E-state index in [-0.39, 0.29) is 18.1 Å². The van der Waals surface area contributed by atoms with Crippen molar-refractivity contribution in [2.75, 3.05) is 30.9 Å². The van der Waals surface area contributed by atoms with Crippen molar-refractivity contribution in [3.8, 4) is 5.75 Å². The maximum absolute atomic E-state index is 13.5. The van der Waals surface area contributed by atoms with Crippen molar-refractivity contribution in [3.05, 3.63) is 92.7 Å². The third-order valence-corrected chi connectivity index (χ3v) is 6.67. The van der Waals surface area contributed by atoms with Gasteiger partial charge in [-0.05, 0) is 55.0 Å². The first kappa shape index (κ1) is 28.0. The minimum Gasteiger partial charge on any atom is -0.483 e. The number of amides is 1. The molecule has 0 fully saturated rings. The van der Waals surface area contributed by atoms with Gasteiger partial charge in [-0.1, -0.05) is 35.8 Å². The first-order chi connectivity index (χ1) is 18.7. The van der Waals surface area contributed by atoms with Gasteiger partial charge in [-0.2, -0.15) is 9.78 Å². The third-order valence-electron chi connectivity index (χ3n) is 6.18. The minimum atomic E-state index is -0.451. The molecule has 1 heterocycles. The smallest absolute Gasteiger partial charge is 0.282 e. The maximum atomic E-state index is 13.5. The summed E-state index contributed by atoms with van der Waals surface area (Å²) in [4.78, 5) is 32.6. The first-order valence-electron chi connectivity index (χ1n) is 12.4. The fourth-order valence-electron chi connectivity index (χ4n) is 3.84. The predicted octanol–water partition coefficient (Wildman–Crippen LogP) is 5.78. The van der Waals surface area contributed by atoms with Crippen LogP contribution in [0.5, 0.6) is 5.75 Å². The number of carbonyl (C=O) groups is 1. The van der Waals surface area contributed by atoms with E-state index in [2.05, 4.69) is 26.3 Å². The average molecular weight is 594 g/mol. The lowest BCUT2D eigenvalue weighted by Gasteiger charge is -2.16. The van der Waals surface area contributed by atoms with Gasteiger partial charge in [-0.15, -0.1) is 0 Å². The van der Waals surface area contributed by atoms with E-state index in [4.69, 9.17) is 9.72 Å². The molecule has 0 aliphatic heterocycles. The Labute approximate surface area is 234 Å². The number of carbonyl (C=O) groups excluding carboxylic acids is 1. The Balaban J connectivity index is 1.68. The van der Waals surface area contributed by atoms with E-state index in [9.17, 15) is 14.0 Å². The lowest BCUT2D eigenvalue weighted by Crippen LogP contribution is -2.24. The topological polar surface area (TPSA) is 88.8 Å². The van der Waals surface area contributed by atoms with E-state index in [0.29, 0.717) is 33.7 Å². The second-order valence-corrected chi connectivity index (χ2v) is 10.2. The number of anilines is 2. The molecule has 4 rings (SSSR count). The first-order valence-corrected chi connectivity index (χ1v) is 13.2. The van der Waals surface area contributed by atoms with Crippen LogP contribution in [-0.2, 0) is 4.79 Å². The van der Waals surface area contributed by atoms with Crippen molar-refractivity contribution in [2.45, 2.75) is 26.2 Å². The number of hydrogen-bond acceptors (Lipinski definition) is 6. The van der Waals surface area contributed by atoms with Gasteiger partial charge in [-0.3, -0.25) is 9.59 Å². The number of ether oxygens (including phenoxy) is 1. The normalized spacial score (nSPS) is 12.1. The van der Waals surface area contributed by atoms with Gasteiger partial charge in [0.15, 0.2) is 6.61 Å². The summed E-state index contributed by atoms with van der Waals surface area (Å²) >= 11 is 3.42. The summed E-state index contributed by atoms with van der Waals surface area (Å²) in [5, 5.41) is 7.59. The number of rotatable bonds is 9. The quantitative estimate of drug-likeness (QED) is 0.249. The van der Waals surface area contributed by atoms with Crippen molar-refractivity contribution < 1.29 is 13.9 Å². The molecule has 4 aromatic rings. The number of benzene rings is 3. The standard InChI is InChI=1S/C29H29BrFN5O3/c1-5-18(2)28-34-25-12-10-20(30)13-24(25)29(38)36(28)32-16-19-9-11-23(35(3)4)15-26(19)39-17-27(37)33-22-8-6-7-21(31)14-22/h6-16,18H,5,17H2,1-4H3,(H,33,37)/t18-/m0/s1. The highest BCUT2D eigenvalue weighted by Gasteiger charge is 2.16. The molecule has 0 radical (unpaired) electrons. The van der Waals surface area contributed by atoms with E-state index < -0.39 is 11.7 Å². The Morgan fingerprint density at radius 2 is 2.00 bits per heavy atom. The predicted molar refractivity (Wildman–Crippen MR) is 157 cm³/mol. The van der Waals surface area contributed by atoms with Gasteiger partial charge < -0.3 is 15.0 Å². The van der Waals surface area contributed by atoms with E-state index in [1.807, 2.05) is 51.0 Å². The van der Waals surface area contributed by atoms with Crippen molar-refractivity contribution in [1.82, 2.24) is 9.66 Å². The monoisotopic (exact) mass is 593 g/mol. The van der Waals surface area contributed by atoms with Crippen LogP contribution in [0.15, 0.2) is 75.0 Å². The van der Waals surface area contributed by atoms with Crippen LogP contribution in [0.4, 0.5) is 15.8 Å². The van der Waals surface area contributed by atoms with Crippen LogP contribution >= 0.6 is 15.9 Å². The Morgan fingerprint density at radius 3 is 2.72 bits per heavy atom. The molecule has 3 aromatic carbocycles. The highest BCUT2D eigenvalue weighted by atomic mass is 79.9. The highest BCUT2D eigenvalue weighted by molar-refractivity contribution is 9.10. The Hall–Kier alpha value is -4.05. The van der Waals surface area contributed by atoms with Gasteiger partial charge in [0, 0.05) is 47.5 Å². The van der Waals surface area contributed by atoms with Crippen molar-refractivity contribution in [1.29, 1.82) is 0 Å². The summed E-state index contributed by atoms with van der Waals surface area (Å²) in [6.07, 6.45) is 2.30. The SMILES string of the molecule is CC[C@H](C)c1nc2ccc(Br)cc2c(=O)n1N=Cc1ccc(N(C)C)cc1OCC(=O)Nc1cccc(F)c1. The van der Waals surface area contributed by atoms with E-state index in [0.717, 1.165) is 16.6 Å². The zero-order chi connectivity index (χ0) is 28.1. The molecule has 39 heavy (non-hydrogen) atoms. The van der Waals surface area contributed by atoms with Gasteiger partial charge in [0.2, 0.25) is 0 Å². The fourth-order valence-corrected chi connectivity index (χ4v) is 4.20. The Kier molecular flexibility index (Phi) is 8.75. The molecule has 0 aliphatic carbocycles. The zero-order valence-corrected chi connectivity index (χ0v) is 23.7. The van der Waals surface area contributed by atoms with Gasteiger partial charge in [0.1, 0.15) is 17.4 Å². The van der Waals surface area contributed by atoms with E-state index in [1.54, 1.807) is 24.3 Å². The van der Waals surface area contributed by atoms with Gasteiger partial charge in [-0.25, -0.2) is 9.37 Å². The van der Waals surface area contributed by atoms with Crippen LogP contribution in [0.25, 0.3) is 10.9 Å². The number of fused-ring (bicyclic) bond motifs is 1. The second-order valence-electron chi connectivity index (χ2n) is 9.27. The van der Waals surface area contributed by atoms with Gasteiger partial charge >= 0.3 is 0 Å². The molecule has 0 saturated carbocycles. The number of hydrogen-bond donors (Lipinski definition) is 1. The summed E-state index contributed by atoms with van der Waals surface area (Å²) in [5.41, 5.74) is 2.07. The van der Waals surface area contributed by atoms with Gasteiger partial charge in [0.05, 0.1) is 17.1 Å². The fraction of sp³-hybridized carbons (Fsp3) is 0.241. The maximum Gasteiger partial charge on any atom is 0.282 e. The molecule has 10 heteroatoms. The van der Waals surface area contributed by atoms with Crippen molar-refractivity contribution in [2.24, 2.45) is 5.10 Å². The highest BCUT2D eigenvalue weighted by Crippen LogP contribution is 2.25. The molecular formula is C29H29BrFN5O3. The summed E-state index contributed by atoms with van der Waals surface area (Å²) < 4.78 is 21.4. The molecule has 1 aromatic heterocycles. The molecule has 0 unspecified atom stereocenters. The van der Waals surface area contributed by atoms with Crippen LogP contribution < -0.4 is 20.5 Å². The molecule has 0 aliphatic rings. The molecule has 0 saturated heterocycles. The number of halogens is 2. The van der Waals surface area contributed by atoms with Crippen LogP contribution in [0.2, 0.25) is 0 Å². The summed E-state index contributed by atoms with van der Waals surface area (Å²) in [5.74, 6) is 0.0393. The lowest BCUT2D eigenvalue weighted by molar-refractivity contribution is -0.118. The van der Waals surface area contributed by atoms with Crippen LogP contribution in [-0.4, -0.2) is 42.5 Å². The Morgan fingerprint density at radius 1 is 1.21 bits per heavy atom. The lowest BCUT2D eigenvalue weighted by atomic mass is 10.1. The molecule has 1 amide bonds. The number of nitrogens with zero attached hydrogens (tertiary/aromatic N) is 4. The van der Waals surface area contributed by atoms with Crippen molar-refractivity contribution >= 4 is 50.3 Å². The van der Waals surface area contributed by atoms with E-state index in [1.165, 1.54) is 29.1 Å². The summed E-state index contributed by atoms with van der Waals surface area (Å²) in [6.45, 7) is 3.71. The Bertz CT molecular complexity index is 1600. The molecular weight excluding hydrogens is 565 g/mol. The van der Waals surface area contributed by atoms with Gasteiger partial charge in [0.25, 0.3) is 11.5 Å². The minimum absolute atomic E-state index is 0.0127. The van der Waals surface area contributed by atoms with Crippen LogP contribution in [0.3, 0.4) is 0 Å². The second kappa shape index (κ2) is 12.2. The van der Waals surface area contributed by atoms with Crippen LogP contribution in [0.1, 0.15) is 37.6 Å². The molecule has 1 N–H and O–H groups in total. The molecule has 0 spiro atoms. The molecule has 202 valence electrons. The zero-order valence-electron chi connectivity index (χ0n) is 22.1. The average Bonchev–Trinajstić information content (AvgIpc) is 2.91. The molecule has 1 atom stereocenters. The van der Waals surface area contributed by atoms with Crippen LogP contribution in [0, 0.1) is 5.82 Å². The third kappa shape index (κ3) is 6.69. The summed E-state index contributed by atoms with van der Waals surface area (Å²) in [7, 11) is 3.78. The molecule has 0 bridgehead atoms. The van der Waals surface area contributed by atoms with Crippen molar-refractivity contribution in [3.63, 3.8) is 0 Å². The molecule has 8 nitrogen and oxygen atoms in total.